The second-order valence-electron chi connectivity index (χ2n) is 4.67. The number of hydrogen-bond donors (Lipinski definition) is 1. The predicted molar refractivity (Wildman–Crippen MR) is 66.8 cm³/mol. The van der Waals surface area contributed by atoms with E-state index < -0.39 is 0 Å². The van der Waals surface area contributed by atoms with Gasteiger partial charge in [0.05, 0.1) is 0 Å². The summed E-state index contributed by atoms with van der Waals surface area (Å²) in [5, 5.41) is 9.04. The first-order valence-electron chi connectivity index (χ1n) is 6.40. The maximum absolute atomic E-state index is 12.8. The number of halogens is 1. The van der Waals surface area contributed by atoms with Gasteiger partial charge in [-0.2, -0.15) is 0 Å². The van der Waals surface area contributed by atoms with Crippen molar-refractivity contribution in [3.05, 3.63) is 35.6 Å². The number of carbonyl (C=O) groups excluding carboxylic acids is 1. The summed E-state index contributed by atoms with van der Waals surface area (Å²) in [6.07, 6.45) is 3.65. The molecule has 0 aliphatic carbocycles. The molecule has 1 aliphatic heterocycles. The average Bonchev–Trinajstić information content (AvgIpc) is 2.40. The number of likely N-dealkylation sites (tertiary alicyclic amines) is 1. The van der Waals surface area contributed by atoms with Crippen LogP contribution < -0.4 is 0 Å². The lowest BCUT2D eigenvalue weighted by Gasteiger charge is -2.35. The van der Waals surface area contributed by atoms with Gasteiger partial charge in [-0.15, -0.1) is 0 Å². The van der Waals surface area contributed by atoms with Gasteiger partial charge in [0, 0.05) is 24.8 Å². The molecule has 1 amide bonds. The van der Waals surface area contributed by atoms with E-state index in [0.717, 1.165) is 25.8 Å². The number of hydrogen-bond acceptors (Lipinski definition) is 2. The molecule has 1 heterocycles. The summed E-state index contributed by atoms with van der Waals surface area (Å²) in [4.78, 5) is 14.1. The van der Waals surface area contributed by atoms with Crippen molar-refractivity contribution >= 4 is 5.91 Å². The fourth-order valence-electron chi connectivity index (χ4n) is 2.48. The molecule has 0 saturated carbocycles. The van der Waals surface area contributed by atoms with E-state index in [4.69, 9.17) is 5.11 Å². The van der Waals surface area contributed by atoms with Gasteiger partial charge < -0.3 is 10.0 Å². The van der Waals surface area contributed by atoms with Crippen LogP contribution in [0.25, 0.3) is 0 Å². The Labute approximate surface area is 106 Å². The normalized spacial score (nSPS) is 19.9. The zero-order chi connectivity index (χ0) is 13.0. The molecule has 1 aromatic carbocycles. The molecule has 0 bridgehead atoms. The Bertz CT molecular complexity index is 403. The van der Waals surface area contributed by atoms with Crippen molar-refractivity contribution in [1.29, 1.82) is 0 Å². The number of benzene rings is 1. The topological polar surface area (TPSA) is 40.5 Å². The summed E-state index contributed by atoms with van der Waals surface area (Å²) in [6, 6.07) is 5.75. The maximum Gasteiger partial charge on any atom is 0.254 e. The van der Waals surface area contributed by atoms with Crippen LogP contribution in [0, 0.1) is 5.82 Å². The SMILES string of the molecule is O=C(c1ccc(F)cc1)N1CCCC[C@H]1CCO. The zero-order valence-electron chi connectivity index (χ0n) is 10.3. The molecule has 0 radical (unpaired) electrons. The highest BCUT2D eigenvalue weighted by atomic mass is 19.1. The monoisotopic (exact) mass is 251 g/mol. The number of aliphatic hydroxyl groups is 1. The molecule has 1 aliphatic rings. The Balaban J connectivity index is 2.12. The smallest absolute Gasteiger partial charge is 0.254 e. The third-order valence-electron chi connectivity index (χ3n) is 3.44. The van der Waals surface area contributed by atoms with Crippen molar-refractivity contribution < 1.29 is 14.3 Å². The molecular weight excluding hydrogens is 233 g/mol. The van der Waals surface area contributed by atoms with E-state index in [9.17, 15) is 9.18 Å². The molecule has 98 valence electrons. The molecule has 1 N–H and O–H groups in total. The second-order valence-corrected chi connectivity index (χ2v) is 4.67. The highest BCUT2D eigenvalue weighted by Crippen LogP contribution is 2.21. The highest BCUT2D eigenvalue weighted by Gasteiger charge is 2.26. The average molecular weight is 251 g/mol. The first-order chi connectivity index (χ1) is 8.72. The van der Waals surface area contributed by atoms with Crippen LogP contribution in [-0.2, 0) is 0 Å². The van der Waals surface area contributed by atoms with E-state index >= 15 is 0 Å². The van der Waals surface area contributed by atoms with Gasteiger partial charge in [-0.1, -0.05) is 0 Å². The Kier molecular flexibility index (Phi) is 4.31. The van der Waals surface area contributed by atoms with Crippen LogP contribution in [0.4, 0.5) is 4.39 Å². The van der Waals surface area contributed by atoms with E-state index in [1.807, 2.05) is 4.90 Å². The molecule has 1 saturated heterocycles. The predicted octanol–water partition coefficient (Wildman–Crippen LogP) is 2.20. The molecule has 0 unspecified atom stereocenters. The minimum Gasteiger partial charge on any atom is -0.396 e. The molecule has 2 rings (SSSR count). The van der Waals surface area contributed by atoms with Gasteiger partial charge in [-0.05, 0) is 49.9 Å². The summed E-state index contributed by atoms with van der Waals surface area (Å²) in [6.45, 7) is 0.818. The quantitative estimate of drug-likeness (QED) is 0.894. The minimum atomic E-state index is -0.336. The van der Waals surface area contributed by atoms with Crippen LogP contribution >= 0.6 is 0 Å². The van der Waals surface area contributed by atoms with Crippen molar-refractivity contribution in [2.45, 2.75) is 31.7 Å². The second kappa shape index (κ2) is 5.96. The van der Waals surface area contributed by atoms with Gasteiger partial charge in [0.2, 0.25) is 0 Å². The summed E-state index contributed by atoms with van der Waals surface area (Å²) < 4.78 is 12.8. The van der Waals surface area contributed by atoms with E-state index in [1.165, 1.54) is 24.3 Å². The van der Waals surface area contributed by atoms with Crippen molar-refractivity contribution in [3.8, 4) is 0 Å². The van der Waals surface area contributed by atoms with Gasteiger partial charge >= 0.3 is 0 Å². The summed E-state index contributed by atoms with van der Waals surface area (Å²) >= 11 is 0. The Morgan fingerprint density at radius 1 is 1.33 bits per heavy atom. The van der Waals surface area contributed by atoms with Crippen LogP contribution in [-0.4, -0.2) is 35.1 Å². The molecule has 4 heteroatoms. The molecule has 1 aromatic rings. The molecule has 18 heavy (non-hydrogen) atoms. The van der Waals surface area contributed by atoms with Crippen molar-refractivity contribution in [1.82, 2.24) is 4.90 Å². The van der Waals surface area contributed by atoms with Crippen LogP contribution in [0.3, 0.4) is 0 Å². The highest BCUT2D eigenvalue weighted by molar-refractivity contribution is 5.94. The van der Waals surface area contributed by atoms with Gasteiger partial charge in [-0.3, -0.25) is 4.79 Å². The number of piperidine rings is 1. The number of aliphatic hydroxyl groups excluding tert-OH is 1. The Morgan fingerprint density at radius 3 is 2.72 bits per heavy atom. The third-order valence-corrected chi connectivity index (χ3v) is 3.44. The van der Waals surface area contributed by atoms with E-state index in [2.05, 4.69) is 0 Å². The van der Waals surface area contributed by atoms with E-state index in [-0.39, 0.29) is 24.4 Å². The van der Waals surface area contributed by atoms with Crippen LogP contribution in [0.15, 0.2) is 24.3 Å². The first-order valence-corrected chi connectivity index (χ1v) is 6.40. The van der Waals surface area contributed by atoms with Gasteiger partial charge in [0.15, 0.2) is 0 Å². The number of amides is 1. The molecule has 3 nitrogen and oxygen atoms in total. The van der Waals surface area contributed by atoms with Crippen molar-refractivity contribution in [3.63, 3.8) is 0 Å². The Hall–Kier alpha value is -1.42. The fourth-order valence-corrected chi connectivity index (χ4v) is 2.48. The van der Waals surface area contributed by atoms with Crippen LogP contribution in [0.2, 0.25) is 0 Å². The minimum absolute atomic E-state index is 0.0619. The summed E-state index contributed by atoms with van der Waals surface area (Å²) in [5.41, 5.74) is 0.515. The van der Waals surface area contributed by atoms with Gasteiger partial charge in [0.25, 0.3) is 5.91 Å². The molecule has 1 atom stereocenters. The number of carbonyl (C=O) groups is 1. The Morgan fingerprint density at radius 2 is 2.06 bits per heavy atom. The van der Waals surface area contributed by atoms with Crippen molar-refractivity contribution in [2.75, 3.05) is 13.2 Å². The zero-order valence-corrected chi connectivity index (χ0v) is 10.3. The standard InChI is InChI=1S/C14H18FNO2/c15-12-6-4-11(5-7-12)14(18)16-9-2-1-3-13(16)8-10-17/h4-7,13,17H,1-3,8-10H2/t13-/m0/s1. The lowest BCUT2D eigenvalue weighted by atomic mass is 9.98. The van der Waals surface area contributed by atoms with Crippen molar-refractivity contribution in [2.24, 2.45) is 0 Å². The largest absolute Gasteiger partial charge is 0.396 e. The third kappa shape index (κ3) is 2.88. The molecule has 1 fully saturated rings. The maximum atomic E-state index is 12.8. The summed E-state index contributed by atoms with van der Waals surface area (Å²) in [5.74, 6) is -0.398. The molecule has 0 aromatic heterocycles. The lowest BCUT2D eigenvalue weighted by Crippen LogP contribution is -2.44. The van der Waals surface area contributed by atoms with E-state index in [0.29, 0.717) is 12.0 Å². The lowest BCUT2D eigenvalue weighted by molar-refractivity contribution is 0.0574. The first kappa shape index (κ1) is 13.0. The van der Waals surface area contributed by atoms with E-state index in [1.54, 1.807) is 0 Å². The molecular formula is C14H18FNO2. The number of rotatable bonds is 3. The van der Waals surface area contributed by atoms with Crippen LogP contribution in [0.5, 0.6) is 0 Å². The van der Waals surface area contributed by atoms with Gasteiger partial charge in [0.1, 0.15) is 5.82 Å². The molecule has 0 spiro atoms. The number of nitrogens with zero attached hydrogens (tertiary/aromatic N) is 1. The fraction of sp³-hybridized carbons (Fsp3) is 0.500. The van der Waals surface area contributed by atoms with Crippen LogP contribution in [0.1, 0.15) is 36.0 Å². The van der Waals surface area contributed by atoms with Gasteiger partial charge in [-0.25, -0.2) is 4.39 Å². The summed E-state index contributed by atoms with van der Waals surface area (Å²) in [7, 11) is 0.